The third-order valence-corrected chi connectivity index (χ3v) is 6.40. The van der Waals surface area contributed by atoms with Gasteiger partial charge in [0.1, 0.15) is 5.69 Å². The zero-order valence-electron chi connectivity index (χ0n) is 19.3. The lowest BCUT2D eigenvalue weighted by Crippen LogP contribution is -2.49. The zero-order chi connectivity index (χ0) is 23.8. The van der Waals surface area contributed by atoms with E-state index in [1.807, 2.05) is 15.5 Å². The third kappa shape index (κ3) is 4.09. The van der Waals surface area contributed by atoms with Crippen molar-refractivity contribution in [3.05, 3.63) is 70.0 Å². The van der Waals surface area contributed by atoms with Crippen LogP contribution in [0.4, 0.5) is 10.1 Å². The average molecular weight is 463 g/mol. The maximum absolute atomic E-state index is 15.5. The van der Waals surface area contributed by atoms with Crippen molar-refractivity contribution in [2.45, 2.75) is 31.8 Å². The fraction of sp³-hybridized carbons (Fsp3) is 0.346. The Bertz CT molecular complexity index is 1330. The minimum absolute atomic E-state index is 0.0181. The standard InChI is InChI=1S/C26H27FN4O3/c1-16-14-30(11-10-29-16)24-21(27)12-19-23(26(24)34-2)31(18-6-7-18)15-20(25(19)33)22(32)8-5-17-4-3-9-28-13-17/h3-5,8-9,12-13,15-16,18,29H,6-7,10-11,14H2,1-2H3. The molecule has 34 heavy (non-hydrogen) atoms. The Morgan fingerprint density at radius 2 is 2.18 bits per heavy atom. The highest BCUT2D eigenvalue weighted by Crippen LogP contribution is 2.43. The number of hydrogen-bond acceptors (Lipinski definition) is 6. The quantitative estimate of drug-likeness (QED) is 0.446. The third-order valence-electron chi connectivity index (χ3n) is 6.40. The van der Waals surface area contributed by atoms with E-state index in [0.717, 1.165) is 24.9 Å². The van der Waals surface area contributed by atoms with Gasteiger partial charge < -0.3 is 19.5 Å². The molecule has 5 rings (SSSR count). The summed E-state index contributed by atoms with van der Waals surface area (Å²) in [6.45, 7) is 4.04. The summed E-state index contributed by atoms with van der Waals surface area (Å²) in [4.78, 5) is 32.4. The number of hydrogen-bond donors (Lipinski definition) is 1. The van der Waals surface area contributed by atoms with E-state index in [9.17, 15) is 9.59 Å². The van der Waals surface area contributed by atoms with Crippen molar-refractivity contribution < 1.29 is 13.9 Å². The molecule has 1 aromatic carbocycles. The first-order valence-corrected chi connectivity index (χ1v) is 11.5. The molecule has 7 nitrogen and oxygen atoms in total. The first kappa shape index (κ1) is 22.3. The molecule has 2 aromatic heterocycles. The van der Waals surface area contributed by atoms with E-state index in [-0.39, 0.29) is 23.0 Å². The summed E-state index contributed by atoms with van der Waals surface area (Å²) in [7, 11) is 1.50. The molecule has 3 heterocycles. The summed E-state index contributed by atoms with van der Waals surface area (Å²) in [5.41, 5.74) is 1.19. The molecule has 1 saturated carbocycles. The Kier molecular flexibility index (Phi) is 5.91. The average Bonchev–Trinajstić information content (AvgIpc) is 3.68. The molecule has 1 aliphatic carbocycles. The Balaban J connectivity index is 1.66. The Morgan fingerprint density at radius 1 is 1.35 bits per heavy atom. The summed E-state index contributed by atoms with van der Waals surface area (Å²) in [6, 6.07) is 5.20. The van der Waals surface area contributed by atoms with Crippen molar-refractivity contribution in [2.75, 3.05) is 31.6 Å². The minimum Gasteiger partial charge on any atom is -0.492 e. The topological polar surface area (TPSA) is 76.5 Å². The van der Waals surface area contributed by atoms with Crippen LogP contribution in [0.2, 0.25) is 0 Å². The molecule has 176 valence electrons. The van der Waals surface area contributed by atoms with Gasteiger partial charge in [0.25, 0.3) is 0 Å². The van der Waals surface area contributed by atoms with E-state index in [0.29, 0.717) is 30.0 Å². The number of ether oxygens (including phenoxy) is 1. The zero-order valence-corrected chi connectivity index (χ0v) is 19.3. The second kappa shape index (κ2) is 9.02. The van der Waals surface area contributed by atoms with E-state index in [1.165, 1.54) is 19.3 Å². The summed E-state index contributed by atoms with van der Waals surface area (Å²) in [5.74, 6) is -0.601. The largest absolute Gasteiger partial charge is 0.492 e. The first-order valence-electron chi connectivity index (χ1n) is 11.5. The van der Waals surface area contributed by atoms with Gasteiger partial charge >= 0.3 is 0 Å². The molecule has 3 aromatic rings. The van der Waals surface area contributed by atoms with Crippen LogP contribution in [0.3, 0.4) is 0 Å². The predicted octanol–water partition coefficient (Wildman–Crippen LogP) is 3.57. The number of carbonyl (C=O) groups is 1. The van der Waals surface area contributed by atoms with E-state index in [2.05, 4.69) is 17.2 Å². The van der Waals surface area contributed by atoms with Gasteiger partial charge in [0, 0.05) is 50.3 Å². The molecular formula is C26H27FN4O3. The van der Waals surface area contributed by atoms with Crippen LogP contribution in [0.15, 0.2) is 47.7 Å². The summed E-state index contributed by atoms with van der Waals surface area (Å²) < 4.78 is 23.2. The van der Waals surface area contributed by atoms with Gasteiger partial charge in [-0.1, -0.05) is 6.07 Å². The number of nitrogens with one attached hydrogen (secondary N) is 1. The highest BCUT2D eigenvalue weighted by molar-refractivity contribution is 6.08. The van der Waals surface area contributed by atoms with Gasteiger partial charge in [0.2, 0.25) is 5.43 Å². The van der Waals surface area contributed by atoms with E-state index < -0.39 is 17.0 Å². The summed E-state index contributed by atoms with van der Waals surface area (Å²) in [6.07, 6.45) is 9.73. The number of halogens is 1. The van der Waals surface area contributed by atoms with Crippen molar-refractivity contribution in [3.63, 3.8) is 0 Å². The van der Waals surface area contributed by atoms with E-state index in [1.54, 1.807) is 30.7 Å². The molecule has 1 unspecified atom stereocenters. The molecule has 1 N–H and O–H groups in total. The van der Waals surface area contributed by atoms with Gasteiger partial charge in [-0.05, 0) is 49.6 Å². The first-order chi connectivity index (χ1) is 16.5. The predicted molar refractivity (Wildman–Crippen MR) is 130 cm³/mol. The lowest BCUT2D eigenvalue weighted by atomic mass is 10.0. The molecule has 0 bridgehead atoms. The van der Waals surface area contributed by atoms with Crippen LogP contribution in [0.1, 0.15) is 41.7 Å². The SMILES string of the molecule is COc1c(N2CCNC(C)C2)c(F)cc2c(=O)c(C(=O)C=Cc3cccnc3)cn(C3CC3)c12. The minimum atomic E-state index is -0.520. The molecule has 1 atom stereocenters. The van der Waals surface area contributed by atoms with Crippen LogP contribution in [-0.4, -0.2) is 48.1 Å². The van der Waals surface area contributed by atoms with Gasteiger partial charge in [0.05, 0.1) is 23.6 Å². The van der Waals surface area contributed by atoms with Crippen molar-refractivity contribution in [2.24, 2.45) is 0 Å². The number of piperazine rings is 1. The highest BCUT2D eigenvalue weighted by atomic mass is 19.1. The summed E-state index contributed by atoms with van der Waals surface area (Å²) >= 11 is 0. The Hall–Kier alpha value is -3.52. The van der Waals surface area contributed by atoms with Crippen LogP contribution < -0.4 is 20.4 Å². The number of anilines is 1. The second-order valence-corrected chi connectivity index (χ2v) is 8.93. The molecule has 1 saturated heterocycles. The molecule has 0 radical (unpaired) electrons. The van der Waals surface area contributed by atoms with E-state index in [4.69, 9.17) is 4.74 Å². The number of ketones is 1. The molecular weight excluding hydrogens is 435 g/mol. The van der Waals surface area contributed by atoms with Crippen molar-refractivity contribution in [3.8, 4) is 5.75 Å². The number of aromatic nitrogens is 2. The number of carbonyl (C=O) groups excluding carboxylic acids is 1. The van der Waals surface area contributed by atoms with Crippen LogP contribution in [-0.2, 0) is 0 Å². The Morgan fingerprint density at radius 3 is 2.85 bits per heavy atom. The van der Waals surface area contributed by atoms with Gasteiger partial charge in [0.15, 0.2) is 17.3 Å². The maximum Gasteiger partial charge on any atom is 0.200 e. The number of nitrogens with zero attached hydrogens (tertiary/aromatic N) is 3. The van der Waals surface area contributed by atoms with Crippen LogP contribution in [0, 0.1) is 5.82 Å². The van der Waals surface area contributed by atoms with Gasteiger partial charge in [-0.15, -0.1) is 0 Å². The van der Waals surface area contributed by atoms with Gasteiger partial charge in [-0.25, -0.2) is 4.39 Å². The molecule has 0 amide bonds. The van der Waals surface area contributed by atoms with Crippen LogP contribution in [0.5, 0.6) is 5.75 Å². The van der Waals surface area contributed by atoms with Gasteiger partial charge in [-0.3, -0.25) is 14.6 Å². The number of fused-ring (bicyclic) bond motifs is 1. The van der Waals surface area contributed by atoms with Crippen molar-refractivity contribution in [1.82, 2.24) is 14.9 Å². The second-order valence-electron chi connectivity index (χ2n) is 8.93. The van der Waals surface area contributed by atoms with Crippen molar-refractivity contribution >= 4 is 28.4 Å². The van der Waals surface area contributed by atoms with E-state index >= 15 is 4.39 Å². The van der Waals surface area contributed by atoms with Crippen molar-refractivity contribution in [1.29, 1.82) is 0 Å². The van der Waals surface area contributed by atoms with Crippen LogP contribution in [0.25, 0.3) is 17.0 Å². The lowest BCUT2D eigenvalue weighted by Gasteiger charge is -2.35. The molecule has 8 heteroatoms. The maximum atomic E-state index is 15.5. The van der Waals surface area contributed by atoms with Crippen LogP contribution >= 0.6 is 0 Å². The number of rotatable bonds is 6. The number of benzene rings is 1. The lowest BCUT2D eigenvalue weighted by molar-refractivity contribution is 0.104. The fourth-order valence-electron chi connectivity index (χ4n) is 4.62. The van der Waals surface area contributed by atoms with Gasteiger partial charge in [-0.2, -0.15) is 0 Å². The molecule has 0 spiro atoms. The molecule has 2 fully saturated rings. The monoisotopic (exact) mass is 462 g/mol. The molecule has 2 aliphatic rings. The fourth-order valence-corrected chi connectivity index (χ4v) is 4.62. The number of allylic oxidation sites excluding steroid dienone is 1. The number of pyridine rings is 2. The normalized spacial score (nSPS) is 18.6. The molecule has 1 aliphatic heterocycles. The summed E-state index contributed by atoms with van der Waals surface area (Å²) in [5, 5.41) is 3.52. The number of methoxy groups -OCH3 is 1. The smallest absolute Gasteiger partial charge is 0.200 e. The highest BCUT2D eigenvalue weighted by Gasteiger charge is 2.31. The Labute approximate surface area is 196 Å².